The van der Waals surface area contributed by atoms with Gasteiger partial charge in [0.1, 0.15) is 11.4 Å². The maximum atomic E-state index is 12.5. The Morgan fingerprint density at radius 1 is 1.36 bits per heavy atom. The molecule has 0 unspecified atom stereocenters. The number of piperidine rings is 1. The lowest BCUT2D eigenvalue weighted by Crippen LogP contribution is -2.48. The fourth-order valence-electron chi connectivity index (χ4n) is 3.19. The summed E-state index contributed by atoms with van der Waals surface area (Å²) in [6, 6.07) is 4.40. The van der Waals surface area contributed by atoms with E-state index in [1.807, 2.05) is 20.8 Å². The molecule has 1 aromatic carbocycles. The minimum absolute atomic E-state index is 0.0120. The van der Waals surface area contributed by atoms with Crippen molar-refractivity contribution in [2.24, 2.45) is 0 Å². The summed E-state index contributed by atoms with van der Waals surface area (Å²) in [5.41, 5.74) is 0.493. The van der Waals surface area contributed by atoms with Crippen molar-refractivity contribution in [1.82, 2.24) is 14.9 Å². The summed E-state index contributed by atoms with van der Waals surface area (Å²) in [6.45, 7) is 6.78. The van der Waals surface area contributed by atoms with Crippen molar-refractivity contribution in [1.29, 1.82) is 0 Å². The Hall–Kier alpha value is -2.97. The number of amides is 1. The van der Waals surface area contributed by atoms with Gasteiger partial charge in [0, 0.05) is 25.2 Å². The van der Waals surface area contributed by atoms with Crippen LogP contribution < -0.4 is 5.32 Å². The number of aromatic nitrogens is 2. The number of ether oxygens (including phenoxy) is 1. The molecular weight excluding hydrogens is 362 g/mol. The van der Waals surface area contributed by atoms with Gasteiger partial charge in [0.25, 0.3) is 5.69 Å². The number of nitro groups is 1. The van der Waals surface area contributed by atoms with Crippen LogP contribution in [0, 0.1) is 10.1 Å². The van der Waals surface area contributed by atoms with Gasteiger partial charge < -0.3 is 15.0 Å². The first-order valence-electron chi connectivity index (χ1n) is 9.37. The SMILES string of the molecule is CC(C)(C)OC(=O)N1CCCC[C@H]1CNc1cnc2cc([N+](=O)[O-])ccc2n1. The summed E-state index contributed by atoms with van der Waals surface area (Å²) in [7, 11) is 0. The molecule has 0 aliphatic carbocycles. The Bertz CT molecular complexity index is 880. The van der Waals surface area contributed by atoms with Crippen molar-refractivity contribution < 1.29 is 14.5 Å². The van der Waals surface area contributed by atoms with E-state index in [9.17, 15) is 14.9 Å². The number of benzene rings is 1. The molecule has 1 saturated heterocycles. The molecule has 1 aliphatic rings. The number of nitrogens with one attached hydrogen (secondary N) is 1. The zero-order valence-electron chi connectivity index (χ0n) is 16.3. The lowest BCUT2D eigenvalue weighted by Gasteiger charge is -2.36. The molecule has 150 valence electrons. The Morgan fingerprint density at radius 3 is 2.86 bits per heavy atom. The second kappa shape index (κ2) is 7.95. The average Bonchev–Trinajstić information content (AvgIpc) is 2.64. The van der Waals surface area contributed by atoms with Gasteiger partial charge in [-0.25, -0.2) is 9.78 Å². The molecule has 0 spiro atoms. The van der Waals surface area contributed by atoms with Gasteiger partial charge in [-0.3, -0.25) is 15.1 Å². The standard InChI is InChI=1S/C19H25N5O4/c1-19(2,3)28-18(25)23-9-5-4-6-14(23)11-21-17-12-20-16-10-13(24(26)27)7-8-15(16)22-17/h7-8,10,12,14H,4-6,9,11H2,1-3H3,(H,21,22)/t14-/m0/s1. The van der Waals surface area contributed by atoms with E-state index in [1.165, 1.54) is 12.1 Å². The van der Waals surface area contributed by atoms with Crippen LogP contribution in [0.25, 0.3) is 11.0 Å². The zero-order valence-corrected chi connectivity index (χ0v) is 16.3. The zero-order chi connectivity index (χ0) is 20.3. The molecule has 2 aromatic rings. The number of likely N-dealkylation sites (tertiary alicyclic amines) is 1. The van der Waals surface area contributed by atoms with E-state index < -0.39 is 10.5 Å². The lowest BCUT2D eigenvalue weighted by atomic mass is 10.0. The number of non-ortho nitro benzene ring substituents is 1. The number of rotatable bonds is 4. The van der Waals surface area contributed by atoms with Crippen molar-refractivity contribution >= 4 is 28.6 Å². The number of nitrogens with zero attached hydrogens (tertiary/aromatic N) is 4. The number of fused-ring (bicyclic) bond motifs is 1. The van der Waals surface area contributed by atoms with Crippen molar-refractivity contribution in [2.75, 3.05) is 18.4 Å². The van der Waals surface area contributed by atoms with Gasteiger partial charge in [0.15, 0.2) is 0 Å². The number of carbonyl (C=O) groups is 1. The van der Waals surface area contributed by atoms with Crippen LogP contribution in [0.15, 0.2) is 24.4 Å². The first-order valence-corrected chi connectivity index (χ1v) is 9.37. The monoisotopic (exact) mass is 387 g/mol. The maximum Gasteiger partial charge on any atom is 0.410 e. The number of nitro benzene ring substituents is 1. The van der Waals surface area contributed by atoms with Gasteiger partial charge in [-0.15, -0.1) is 0 Å². The first kappa shape index (κ1) is 19.8. The van der Waals surface area contributed by atoms with Crippen LogP contribution in [-0.2, 0) is 4.74 Å². The second-order valence-corrected chi connectivity index (χ2v) is 7.89. The van der Waals surface area contributed by atoms with E-state index in [2.05, 4.69) is 15.3 Å². The summed E-state index contributed by atoms with van der Waals surface area (Å²) in [4.78, 5) is 33.4. The van der Waals surface area contributed by atoms with Crippen LogP contribution in [0.1, 0.15) is 40.0 Å². The highest BCUT2D eigenvalue weighted by Gasteiger charge is 2.30. The van der Waals surface area contributed by atoms with E-state index in [-0.39, 0.29) is 17.8 Å². The Balaban J connectivity index is 1.68. The van der Waals surface area contributed by atoms with Crippen molar-refractivity contribution in [3.8, 4) is 0 Å². The Labute approximate surface area is 163 Å². The summed E-state index contributed by atoms with van der Waals surface area (Å²) in [5.74, 6) is 0.566. The quantitative estimate of drug-likeness (QED) is 0.628. The molecular formula is C19H25N5O4. The van der Waals surface area contributed by atoms with Crippen LogP contribution in [0.3, 0.4) is 0 Å². The van der Waals surface area contributed by atoms with Crippen LogP contribution in [0.4, 0.5) is 16.3 Å². The smallest absolute Gasteiger partial charge is 0.410 e. The molecule has 1 aromatic heterocycles. The normalized spacial score (nSPS) is 17.4. The number of carbonyl (C=O) groups excluding carboxylic acids is 1. The molecule has 1 fully saturated rings. The molecule has 1 N–H and O–H groups in total. The van der Waals surface area contributed by atoms with Crippen LogP contribution in [0.5, 0.6) is 0 Å². The highest BCUT2D eigenvalue weighted by atomic mass is 16.6. The maximum absolute atomic E-state index is 12.5. The van der Waals surface area contributed by atoms with Gasteiger partial charge in [-0.2, -0.15) is 0 Å². The van der Waals surface area contributed by atoms with Gasteiger partial charge in [0.05, 0.1) is 28.2 Å². The Morgan fingerprint density at radius 2 is 2.14 bits per heavy atom. The second-order valence-electron chi connectivity index (χ2n) is 7.89. The minimum Gasteiger partial charge on any atom is -0.444 e. The molecule has 0 radical (unpaired) electrons. The number of hydrogen-bond acceptors (Lipinski definition) is 7. The van der Waals surface area contributed by atoms with Crippen LogP contribution in [-0.4, -0.2) is 50.6 Å². The van der Waals surface area contributed by atoms with Gasteiger partial charge in [-0.05, 0) is 46.1 Å². The predicted octanol–water partition coefficient (Wildman–Crippen LogP) is 3.74. The number of anilines is 1. The van der Waals surface area contributed by atoms with E-state index in [4.69, 9.17) is 4.74 Å². The Kier molecular flexibility index (Phi) is 5.62. The van der Waals surface area contributed by atoms with Crippen LogP contribution in [0.2, 0.25) is 0 Å². The molecule has 1 aliphatic heterocycles. The molecule has 0 bridgehead atoms. The third-order valence-corrected chi connectivity index (χ3v) is 4.51. The fraction of sp³-hybridized carbons (Fsp3) is 0.526. The molecule has 9 heteroatoms. The third kappa shape index (κ3) is 4.85. The molecule has 2 heterocycles. The summed E-state index contributed by atoms with van der Waals surface area (Å²) < 4.78 is 5.52. The van der Waals surface area contributed by atoms with Crippen molar-refractivity contribution in [3.05, 3.63) is 34.5 Å². The summed E-state index contributed by atoms with van der Waals surface area (Å²) in [6.07, 6.45) is 4.16. The first-order chi connectivity index (χ1) is 13.2. The average molecular weight is 387 g/mol. The third-order valence-electron chi connectivity index (χ3n) is 4.51. The number of hydrogen-bond donors (Lipinski definition) is 1. The van der Waals surface area contributed by atoms with E-state index in [0.29, 0.717) is 29.9 Å². The van der Waals surface area contributed by atoms with E-state index >= 15 is 0 Å². The van der Waals surface area contributed by atoms with Crippen molar-refractivity contribution in [2.45, 2.75) is 51.7 Å². The van der Waals surface area contributed by atoms with Crippen molar-refractivity contribution in [3.63, 3.8) is 0 Å². The lowest BCUT2D eigenvalue weighted by molar-refractivity contribution is -0.384. The van der Waals surface area contributed by atoms with Gasteiger partial charge in [-0.1, -0.05) is 0 Å². The molecule has 3 rings (SSSR count). The summed E-state index contributed by atoms with van der Waals surface area (Å²) >= 11 is 0. The largest absolute Gasteiger partial charge is 0.444 e. The summed E-state index contributed by atoms with van der Waals surface area (Å²) in [5, 5.41) is 14.1. The minimum atomic E-state index is -0.529. The predicted molar refractivity (Wildman–Crippen MR) is 105 cm³/mol. The topological polar surface area (TPSA) is 110 Å². The highest BCUT2D eigenvalue weighted by molar-refractivity contribution is 5.78. The van der Waals surface area contributed by atoms with E-state index in [0.717, 1.165) is 19.3 Å². The fourth-order valence-corrected chi connectivity index (χ4v) is 3.19. The molecule has 9 nitrogen and oxygen atoms in total. The van der Waals surface area contributed by atoms with Gasteiger partial charge in [0.2, 0.25) is 0 Å². The molecule has 1 amide bonds. The molecule has 28 heavy (non-hydrogen) atoms. The highest BCUT2D eigenvalue weighted by Crippen LogP contribution is 2.22. The molecule has 1 atom stereocenters. The van der Waals surface area contributed by atoms with E-state index in [1.54, 1.807) is 17.2 Å². The molecule has 0 saturated carbocycles. The van der Waals surface area contributed by atoms with Gasteiger partial charge >= 0.3 is 6.09 Å². The van der Waals surface area contributed by atoms with Crippen LogP contribution >= 0.6 is 0 Å².